The first-order valence-electron chi connectivity index (χ1n) is 3.28. The molecule has 0 saturated heterocycles. The third-order valence-corrected chi connectivity index (χ3v) is 1.61. The van der Waals surface area contributed by atoms with Gasteiger partial charge < -0.3 is 5.02 Å². The molecule has 2 heteroatoms. The third kappa shape index (κ3) is 1.72. The molecule has 0 saturated carbocycles. The van der Waals surface area contributed by atoms with Gasteiger partial charge in [0.25, 0.3) is 7.48 Å². The Bertz CT molecular complexity index is 149. The molecule has 0 radical (unpaired) electrons. The monoisotopic (exact) mass is 122 g/mol. The lowest BCUT2D eigenvalue weighted by molar-refractivity contribution is 0.588. The highest BCUT2D eigenvalue weighted by molar-refractivity contribution is 6.28. The van der Waals surface area contributed by atoms with E-state index in [9.17, 15) is 0 Å². The van der Waals surface area contributed by atoms with Gasteiger partial charge in [-0.1, -0.05) is 23.8 Å². The standard InChI is InChI=1S/C7H11BO/c1-6-2-4-7(8-9)5-3-6/h2-4,7-9H,5H2,1H3. The highest BCUT2D eigenvalue weighted by atomic mass is 16.2. The molecule has 0 spiro atoms. The lowest BCUT2D eigenvalue weighted by atomic mass is 9.75. The summed E-state index contributed by atoms with van der Waals surface area (Å²) in [7, 11) is 0.278. The molecule has 1 N–H and O–H groups in total. The Morgan fingerprint density at radius 2 is 2.56 bits per heavy atom. The maximum absolute atomic E-state index is 8.70. The van der Waals surface area contributed by atoms with E-state index < -0.39 is 0 Å². The van der Waals surface area contributed by atoms with Crippen molar-refractivity contribution in [1.82, 2.24) is 0 Å². The zero-order valence-corrected chi connectivity index (χ0v) is 5.67. The van der Waals surface area contributed by atoms with E-state index in [0.29, 0.717) is 5.82 Å². The molecule has 1 atom stereocenters. The van der Waals surface area contributed by atoms with Crippen LogP contribution in [0.4, 0.5) is 0 Å². The smallest absolute Gasteiger partial charge is 0.278 e. The zero-order chi connectivity index (χ0) is 6.69. The molecule has 0 aromatic heterocycles. The van der Waals surface area contributed by atoms with Gasteiger partial charge in [0.1, 0.15) is 0 Å². The minimum Gasteiger partial charge on any atom is -0.453 e. The highest BCUT2D eigenvalue weighted by Gasteiger charge is 2.05. The molecular weight excluding hydrogens is 111 g/mol. The second kappa shape index (κ2) is 2.88. The van der Waals surface area contributed by atoms with Crippen molar-refractivity contribution in [3.05, 3.63) is 23.8 Å². The molecule has 0 fully saturated rings. The van der Waals surface area contributed by atoms with Crippen molar-refractivity contribution in [2.45, 2.75) is 19.2 Å². The van der Waals surface area contributed by atoms with Crippen LogP contribution in [0.1, 0.15) is 13.3 Å². The van der Waals surface area contributed by atoms with Crippen molar-refractivity contribution in [1.29, 1.82) is 0 Å². The average Bonchev–Trinajstić information content (AvgIpc) is 1.90. The quantitative estimate of drug-likeness (QED) is 0.515. The van der Waals surface area contributed by atoms with Crippen molar-refractivity contribution in [3.8, 4) is 0 Å². The van der Waals surface area contributed by atoms with Crippen LogP contribution in [0, 0.1) is 0 Å². The van der Waals surface area contributed by atoms with Gasteiger partial charge in [0.2, 0.25) is 0 Å². The van der Waals surface area contributed by atoms with Crippen LogP contribution in [0.2, 0.25) is 5.82 Å². The predicted molar refractivity (Wildman–Crippen MR) is 40.6 cm³/mol. The second-order valence-electron chi connectivity index (χ2n) is 2.49. The van der Waals surface area contributed by atoms with E-state index in [1.165, 1.54) is 5.57 Å². The van der Waals surface area contributed by atoms with E-state index in [0.717, 1.165) is 6.42 Å². The van der Waals surface area contributed by atoms with Gasteiger partial charge in [-0.05, 0) is 19.2 Å². The molecule has 48 valence electrons. The van der Waals surface area contributed by atoms with Gasteiger partial charge in [-0.25, -0.2) is 0 Å². The Kier molecular flexibility index (Phi) is 2.12. The Morgan fingerprint density at radius 3 is 3.00 bits per heavy atom. The number of hydrogen-bond donors (Lipinski definition) is 1. The van der Waals surface area contributed by atoms with Crippen LogP contribution in [0.5, 0.6) is 0 Å². The minimum absolute atomic E-state index is 0.278. The fourth-order valence-electron chi connectivity index (χ4n) is 0.907. The Morgan fingerprint density at radius 1 is 1.78 bits per heavy atom. The molecule has 0 aromatic carbocycles. The fourth-order valence-corrected chi connectivity index (χ4v) is 0.907. The van der Waals surface area contributed by atoms with Crippen molar-refractivity contribution < 1.29 is 5.02 Å². The summed E-state index contributed by atoms with van der Waals surface area (Å²) >= 11 is 0. The van der Waals surface area contributed by atoms with Crippen molar-refractivity contribution in [3.63, 3.8) is 0 Å². The number of rotatable bonds is 1. The van der Waals surface area contributed by atoms with Crippen molar-refractivity contribution in [2.24, 2.45) is 0 Å². The third-order valence-electron chi connectivity index (χ3n) is 1.61. The first-order valence-corrected chi connectivity index (χ1v) is 3.28. The minimum atomic E-state index is 0.278. The van der Waals surface area contributed by atoms with E-state index >= 15 is 0 Å². The number of hydrogen-bond acceptors (Lipinski definition) is 1. The second-order valence-corrected chi connectivity index (χ2v) is 2.49. The molecule has 0 aliphatic heterocycles. The van der Waals surface area contributed by atoms with Crippen LogP contribution >= 0.6 is 0 Å². The van der Waals surface area contributed by atoms with Crippen LogP contribution in [-0.4, -0.2) is 12.5 Å². The maximum atomic E-state index is 8.70. The summed E-state index contributed by atoms with van der Waals surface area (Å²) in [6, 6.07) is 0. The molecule has 9 heavy (non-hydrogen) atoms. The van der Waals surface area contributed by atoms with Crippen LogP contribution in [0.15, 0.2) is 23.8 Å². The Hall–Kier alpha value is -0.495. The zero-order valence-electron chi connectivity index (χ0n) is 5.67. The van der Waals surface area contributed by atoms with Crippen LogP contribution in [0.3, 0.4) is 0 Å². The summed E-state index contributed by atoms with van der Waals surface area (Å²) in [5, 5.41) is 8.70. The summed E-state index contributed by atoms with van der Waals surface area (Å²) in [5.41, 5.74) is 1.31. The summed E-state index contributed by atoms with van der Waals surface area (Å²) < 4.78 is 0. The molecule has 0 heterocycles. The summed E-state index contributed by atoms with van der Waals surface area (Å²) in [6.07, 6.45) is 7.28. The fraction of sp³-hybridized carbons (Fsp3) is 0.429. The van der Waals surface area contributed by atoms with Gasteiger partial charge in [-0.3, -0.25) is 0 Å². The van der Waals surface area contributed by atoms with Crippen LogP contribution in [-0.2, 0) is 0 Å². The molecular formula is C7H11BO. The van der Waals surface area contributed by atoms with E-state index in [-0.39, 0.29) is 7.48 Å². The average molecular weight is 122 g/mol. The first kappa shape index (κ1) is 6.62. The van der Waals surface area contributed by atoms with Crippen molar-refractivity contribution >= 4 is 7.48 Å². The lowest BCUT2D eigenvalue weighted by Crippen LogP contribution is -2.00. The molecule has 1 aliphatic carbocycles. The van der Waals surface area contributed by atoms with Gasteiger partial charge in [-0.2, -0.15) is 0 Å². The molecule has 1 unspecified atom stereocenters. The van der Waals surface area contributed by atoms with E-state index in [4.69, 9.17) is 5.02 Å². The van der Waals surface area contributed by atoms with Gasteiger partial charge >= 0.3 is 0 Å². The van der Waals surface area contributed by atoms with E-state index in [1.54, 1.807) is 0 Å². The highest BCUT2D eigenvalue weighted by Crippen LogP contribution is 2.18. The van der Waals surface area contributed by atoms with Crippen LogP contribution < -0.4 is 0 Å². The van der Waals surface area contributed by atoms with E-state index in [2.05, 4.69) is 25.2 Å². The van der Waals surface area contributed by atoms with Gasteiger partial charge in [0.15, 0.2) is 0 Å². The normalized spacial score (nSPS) is 25.6. The lowest BCUT2D eigenvalue weighted by Gasteiger charge is -2.08. The Balaban J connectivity index is 2.48. The SMILES string of the molecule is CC1=CCC(BO)C=C1. The molecule has 0 amide bonds. The first-order chi connectivity index (χ1) is 4.33. The topological polar surface area (TPSA) is 20.2 Å². The molecule has 1 rings (SSSR count). The van der Waals surface area contributed by atoms with Crippen molar-refractivity contribution in [2.75, 3.05) is 0 Å². The maximum Gasteiger partial charge on any atom is 0.278 e. The predicted octanol–water partition coefficient (Wildman–Crippen LogP) is 1.02. The summed E-state index contributed by atoms with van der Waals surface area (Å²) in [4.78, 5) is 0. The van der Waals surface area contributed by atoms with Gasteiger partial charge in [0.05, 0.1) is 0 Å². The van der Waals surface area contributed by atoms with Gasteiger partial charge in [0, 0.05) is 0 Å². The largest absolute Gasteiger partial charge is 0.453 e. The number of allylic oxidation sites excluding steroid dienone is 4. The van der Waals surface area contributed by atoms with Gasteiger partial charge in [-0.15, -0.1) is 0 Å². The van der Waals surface area contributed by atoms with Crippen LogP contribution in [0.25, 0.3) is 0 Å². The molecule has 0 bridgehead atoms. The molecule has 1 aliphatic rings. The molecule has 1 nitrogen and oxygen atoms in total. The summed E-state index contributed by atoms with van der Waals surface area (Å²) in [6.45, 7) is 2.07. The van der Waals surface area contributed by atoms with E-state index in [1.807, 2.05) is 0 Å². The molecule has 0 aromatic rings. The summed E-state index contributed by atoms with van der Waals surface area (Å²) in [5.74, 6) is 0.369. The Labute approximate surface area is 56.4 Å².